The van der Waals surface area contributed by atoms with Gasteiger partial charge in [-0.2, -0.15) is 0 Å². The number of fused-ring (bicyclic) bond motifs is 1. The van der Waals surface area contributed by atoms with E-state index in [-0.39, 0.29) is 39.1 Å². The maximum absolute atomic E-state index is 14.2. The van der Waals surface area contributed by atoms with Gasteiger partial charge in [0.15, 0.2) is 17.5 Å². The van der Waals surface area contributed by atoms with Crippen LogP contribution in [0.4, 0.5) is 23.2 Å². The second-order valence-corrected chi connectivity index (χ2v) is 8.60. The number of aliphatic carboxylic acids is 1. The highest BCUT2D eigenvalue weighted by atomic mass is 32.2. The molecule has 2 aliphatic rings. The van der Waals surface area contributed by atoms with Crippen LogP contribution < -0.4 is 5.32 Å². The highest BCUT2D eigenvalue weighted by Crippen LogP contribution is 2.60. The molecule has 0 aliphatic heterocycles. The minimum absolute atomic E-state index is 0.0636. The van der Waals surface area contributed by atoms with Crippen molar-refractivity contribution in [3.8, 4) is 0 Å². The zero-order chi connectivity index (χ0) is 20.9. The van der Waals surface area contributed by atoms with Crippen molar-refractivity contribution in [2.45, 2.75) is 23.0 Å². The van der Waals surface area contributed by atoms with E-state index >= 15 is 0 Å². The number of carbonyl (C=O) groups is 2. The third kappa shape index (κ3) is 3.83. The minimum Gasteiger partial charge on any atom is -0.481 e. The van der Waals surface area contributed by atoms with E-state index in [1.165, 1.54) is 23.9 Å². The van der Waals surface area contributed by atoms with Crippen molar-refractivity contribution in [1.82, 2.24) is 0 Å². The van der Waals surface area contributed by atoms with Crippen LogP contribution in [0.15, 0.2) is 35.2 Å². The predicted molar refractivity (Wildman–Crippen MR) is 97.7 cm³/mol. The number of hydrogen-bond acceptors (Lipinski definition) is 3. The van der Waals surface area contributed by atoms with Gasteiger partial charge in [0, 0.05) is 33.5 Å². The van der Waals surface area contributed by atoms with Crippen molar-refractivity contribution in [3.05, 3.63) is 59.2 Å². The molecule has 4 nitrogen and oxygen atoms in total. The lowest BCUT2D eigenvalue weighted by Crippen LogP contribution is -2.13. The van der Waals surface area contributed by atoms with Crippen LogP contribution in [0.3, 0.4) is 0 Å². The lowest BCUT2D eigenvalue weighted by Gasteiger charge is -2.14. The molecule has 0 heterocycles. The summed E-state index contributed by atoms with van der Waals surface area (Å²) in [6.45, 7) is 0. The molecule has 9 heteroatoms. The molecule has 0 spiro atoms. The molecule has 1 amide bonds. The lowest BCUT2D eigenvalue weighted by molar-refractivity contribution is -0.139. The van der Waals surface area contributed by atoms with Gasteiger partial charge in [-0.25, -0.2) is 17.6 Å². The molecule has 0 bridgehead atoms. The number of amides is 1. The van der Waals surface area contributed by atoms with Crippen LogP contribution in [0, 0.1) is 41.0 Å². The van der Waals surface area contributed by atoms with Crippen LogP contribution in [0.2, 0.25) is 0 Å². The molecule has 2 saturated carbocycles. The predicted octanol–water partition coefficient (Wildman–Crippen LogP) is 4.70. The lowest BCUT2D eigenvalue weighted by atomic mass is 10.1. The first-order valence-electron chi connectivity index (χ1n) is 8.89. The standard InChI is InChI=1S/C20H15F4NO3S/c21-13-2-1-8(19(26)25-9-4-14(22)18(24)15(23)5-9)3-16(13)29-10-6-11-12(7-10)17(11)20(27)28/h1-5,10-12,17H,6-7H2,(H,25,26)(H,27,28). The zero-order valence-corrected chi connectivity index (χ0v) is 15.6. The number of nitrogens with one attached hydrogen (secondary N) is 1. The van der Waals surface area contributed by atoms with Crippen molar-refractivity contribution in [2.75, 3.05) is 5.32 Å². The zero-order valence-electron chi connectivity index (χ0n) is 14.8. The van der Waals surface area contributed by atoms with Crippen molar-refractivity contribution < 1.29 is 32.3 Å². The van der Waals surface area contributed by atoms with Crippen LogP contribution in [-0.4, -0.2) is 22.2 Å². The summed E-state index contributed by atoms with van der Waals surface area (Å²) < 4.78 is 53.8. The Morgan fingerprint density at radius 2 is 1.59 bits per heavy atom. The summed E-state index contributed by atoms with van der Waals surface area (Å²) in [6.07, 6.45) is 1.35. The third-order valence-corrected chi connectivity index (χ3v) is 6.70. The van der Waals surface area contributed by atoms with Crippen molar-refractivity contribution >= 4 is 29.3 Å². The first-order chi connectivity index (χ1) is 13.7. The van der Waals surface area contributed by atoms with Gasteiger partial charge in [-0.05, 0) is 42.9 Å². The molecule has 2 aliphatic carbocycles. The van der Waals surface area contributed by atoms with Gasteiger partial charge >= 0.3 is 5.97 Å². The van der Waals surface area contributed by atoms with Crippen molar-refractivity contribution in [3.63, 3.8) is 0 Å². The Labute approximate surface area is 167 Å². The van der Waals surface area contributed by atoms with Gasteiger partial charge in [-0.1, -0.05) is 0 Å². The second kappa shape index (κ2) is 7.37. The molecule has 0 radical (unpaired) electrons. The number of benzene rings is 2. The second-order valence-electron chi connectivity index (χ2n) is 7.26. The third-order valence-electron chi connectivity index (χ3n) is 5.42. The molecule has 2 unspecified atom stereocenters. The molecular weight excluding hydrogens is 410 g/mol. The summed E-state index contributed by atoms with van der Waals surface area (Å²) in [4.78, 5) is 23.6. The first-order valence-corrected chi connectivity index (χ1v) is 9.77. The number of carboxylic acids is 1. The van der Waals surface area contributed by atoms with E-state index < -0.39 is 35.1 Å². The summed E-state index contributed by atoms with van der Waals surface area (Å²) in [5.74, 6) is -6.58. The normalized spacial score (nSPS) is 24.8. The average Bonchev–Trinajstić information content (AvgIpc) is 3.18. The Kier molecular flexibility index (Phi) is 5.02. The number of carbonyl (C=O) groups excluding carboxylic acids is 1. The Hall–Kier alpha value is -2.55. The van der Waals surface area contributed by atoms with Crippen LogP contribution in [0.25, 0.3) is 0 Å². The molecule has 2 fully saturated rings. The summed E-state index contributed by atoms with van der Waals surface area (Å²) in [5, 5.41) is 11.4. The van der Waals surface area contributed by atoms with Crippen LogP contribution in [-0.2, 0) is 4.79 Å². The fourth-order valence-electron chi connectivity index (χ4n) is 4.00. The molecule has 29 heavy (non-hydrogen) atoms. The van der Waals surface area contributed by atoms with Gasteiger partial charge in [0.25, 0.3) is 5.91 Å². The maximum atomic E-state index is 14.2. The summed E-state index contributed by atoms with van der Waals surface area (Å²) in [5.41, 5.74) is -0.189. The maximum Gasteiger partial charge on any atom is 0.307 e. The van der Waals surface area contributed by atoms with Crippen molar-refractivity contribution in [2.24, 2.45) is 17.8 Å². The van der Waals surface area contributed by atoms with Crippen LogP contribution in [0.5, 0.6) is 0 Å². The molecule has 152 valence electrons. The van der Waals surface area contributed by atoms with Gasteiger partial charge in [-0.3, -0.25) is 9.59 Å². The molecule has 2 aromatic carbocycles. The SMILES string of the molecule is O=C(Nc1cc(F)c(F)c(F)c1)c1ccc(F)c(SC2CC3C(C2)C3C(=O)O)c1. The Balaban J connectivity index is 1.44. The largest absolute Gasteiger partial charge is 0.481 e. The Bertz CT molecular complexity index is 980. The molecule has 2 atom stereocenters. The fraction of sp³-hybridized carbons (Fsp3) is 0.300. The average molecular weight is 425 g/mol. The highest BCUT2D eigenvalue weighted by molar-refractivity contribution is 8.00. The topological polar surface area (TPSA) is 66.4 Å². The van der Waals surface area contributed by atoms with Gasteiger partial charge in [-0.15, -0.1) is 11.8 Å². The van der Waals surface area contributed by atoms with Gasteiger partial charge < -0.3 is 10.4 Å². The van der Waals surface area contributed by atoms with E-state index in [1.54, 1.807) is 0 Å². The van der Waals surface area contributed by atoms with Gasteiger partial charge in [0.1, 0.15) is 5.82 Å². The summed E-state index contributed by atoms with van der Waals surface area (Å²) >= 11 is 1.25. The number of thioether (sulfide) groups is 1. The number of hydrogen-bond donors (Lipinski definition) is 2. The van der Waals surface area contributed by atoms with E-state index in [9.17, 15) is 27.2 Å². The molecular formula is C20H15F4NO3S. The quantitative estimate of drug-likeness (QED) is 0.539. The van der Waals surface area contributed by atoms with E-state index in [0.717, 1.165) is 6.07 Å². The van der Waals surface area contributed by atoms with E-state index in [1.807, 2.05) is 0 Å². The van der Waals surface area contributed by atoms with Gasteiger partial charge in [0.05, 0.1) is 5.92 Å². The van der Waals surface area contributed by atoms with Crippen LogP contribution >= 0.6 is 11.8 Å². The highest BCUT2D eigenvalue weighted by Gasteiger charge is 2.59. The molecule has 0 aromatic heterocycles. The molecule has 0 saturated heterocycles. The molecule has 2 N–H and O–H groups in total. The number of carboxylic acid groups (broad SMARTS) is 1. The Morgan fingerprint density at radius 3 is 2.17 bits per heavy atom. The van der Waals surface area contributed by atoms with E-state index in [2.05, 4.69) is 5.32 Å². The summed E-state index contributed by atoms with van der Waals surface area (Å²) in [6, 6.07) is 5.00. The molecule has 2 aromatic rings. The fourth-order valence-corrected chi connectivity index (χ4v) is 5.37. The first kappa shape index (κ1) is 19.8. The number of halogens is 4. The van der Waals surface area contributed by atoms with Gasteiger partial charge in [0.2, 0.25) is 0 Å². The van der Waals surface area contributed by atoms with Crippen LogP contribution in [0.1, 0.15) is 23.2 Å². The van der Waals surface area contributed by atoms with Crippen molar-refractivity contribution in [1.29, 1.82) is 0 Å². The monoisotopic (exact) mass is 425 g/mol. The summed E-state index contributed by atoms with van der Waals surface area (Å²) in [7, 11) is 0. The Morgan fingerprint density at radius 1 is 0.966 bits per heavy atom. The van der Waals surface area contributed by atoms with E-state index in [0.29, 0.717) is 25.0 Å². The van der Waals surface area contributed by atoms with E-state index in [4.69, 9.17) is 5.11 Å². The smallest absolute Gasteiger partial charge is 0.307 e. The number of rotatable bonds is 5. The minimum atomic E-state index is -1.64. The molecule has 4 rings (SSSR count). The number of anilines is 1.